The predicted molar refractivity (Wildman–Crippen MR) is 227 cm³/mol. The van der Waals surface area contributed by atoms with Crippen LogP contribution < -0.4 is 20.7 Å². The molecule has 0 radical (unpaired) electrons. The average Bonchev–Trinajstić information content (AvgIpc) is 3.20. The molecule has 1 amide bonds. The van der Waals surface area contributed by atoms with Crippen molar-refractivity contribution in [2.75, 3.05) is 49.1 Å². The Hall–Kier alpha value is -4.53. The van der Waals surface area contributed by atoms with E-state index in [0.29, 0.717) is 55.1 Å². The van der Waals surface area contributed by atoms with Crippen LogP contribution >= 0.6 is 23.4 Å². The number of hydrogen-bond donors (Lipinski definition) is 4. The van der Waals surface area contributed by atoms with E-state index in [9.17, 15) is 26.4 Å². The first-order valence-corrected chi connectivity index (χ1v) is 21.5. The van der Waals surface area contributed by atoms with E-state index in [1.807, 2.05) is 85.3 Å². The second kappa shape index (κ2) is 20.8. The Morgan fingerprint density at radius 2 is 1.53 bits per heavy atom. The van der Waals surface area contributed by atoms with E-state index in [0.717, 1.165) is 46.8 Å². The lowest BCUT2D eigenvalue weighted by atomic mass is 10.00. The maximum absolute atomic E-state index is 14.5. The molecule has 0 aliphatic carbocycles. The SMILES string of the molecule is CCN(CC)CC[C@H](CSc1ccccc1)Nc1ccc(S(=O)(=O)NC(=O)c2ccc(NCCNCc3ccccc3-c3ccc(Cl)cc3)cc2)cc1C(F)(F)F. The number of anilines is 2. The molecule has 4 N–H and O–H groups in total. The smallest absolute Gasteiger partial charge is 0.384 e. The summed E-state index contributed by atoms with van der Waals surface area (Å²) in [6.45, 7) is 8.20. The summed E-state index contributed by atoms with van der Waals surface area (Å²) in [5.74, 6) is -0.474. The van der Waals surface area contributed by atoms with Gasteiger partial charge < -0.3 is 20.9 Å². The molecule has 0 aliphatic heterocycles. The standard InChI is InChI=1S/C43H47ClF3N5O3S2/c1-3-52(4-2)27-24-36(30-56-37-11-6-5-7-12-37)50-41-23-22-38(28-40(41)43(45,46)47)57(54,55)51-42(53)32-16-20-35(21-17-32)49-26-25-48-29-33-10-8-9-13-39(33)31-14-18-34(44)19-15-31/h5-23,28,36,48-50H,3-4,24-27,29-30H2,1-2H3,(H,51,53)/t36-/m1/s1. The van der Waals surface area contributed by atoms with Crippen molar-refractivity contribution in [2.45, 2.75) is 48.8 Å². The number of benzene rings is 5. The lowest BCUT2D eigenvalue weighted by Gasteiger charge is -2.26. The number of thioether (sulfide) groups is 1. The molecule has 5 aromatic carbocycles. The van der Waals surface area contributed by atoms with Gasteiger partial charge >= 0.3 is 6.18 Å². The Balaban J connectivity index is 1.18. The first-order chi connectivity index (χ1) is 27.4. The highest BCUT2D eigenvalue weighted by Crippen LogP contribution is 2.37. The van der Waals surface area contributed by atoms with E-state index in [4.69, 9.17) is 11.6 Å². The van der Waals surface area contributed by atoms with Gasteiger partial charge in [0.2, 0.25) is 0 Å². The summed E-state index contributed by atoms with van der Waals surface area (Å²) in [7, 11) is -4.65. The summed E-state index contributed by atoms with van der Waals surface area (Å²) < 4.78 is 71.8. The maximum atomic E-state index is 14.5. The molecule has 1 atom stereocenters. The predicted octanol–water partition coefficient (Wildman–Crippen LogP) is 9.65. The number of hydrogen-bond acceptors (Lipinski definition) is 8. The van der Waals surface area contributed by atoms with Gasteiger partial charge in [0.15, 0.2) is 0 Å². The van der Waals surface area contributed by atoms with Gasteiger partial charge in [-0.05, 0) is 103 Å². The molecule has 0 bridgehead atoms. The van der Waals surface area contributed by atoms with Gasteiger partial charge in [-0.2, -0.15) is 13.2 Å². The van der Waals surface area contributed by atoms with Crippen molar-refractivity contribution < 1.29 is 26.4 Å². The highest BCUT2D eigenvalue weighted by Gasteiger charge is 2.36. The lowest BCUT2D eigenvalue weighted by molar-refractivity contribution is -0.137. The van der Waals surface area contributed by atoms with Crippen LogP contribution in [0.2, 0.25) is 5.02 Å². The fraction of sp³-hybridized carbons (Fsp3) is 0.279. The zero-order valence-electron chi connectivity index (χ0n) is 31.8. The van der Waals surface area contributed by atoms with Gasteiger partial charge in [-0.25, -0.2) is 13.1 Å². The topological polar surface area (TPSA) is 103 Å². The van der Waals surface area contributed by atoms with Gasteiger partial charge in [-0.1, -0.05) is 80.0 Å². The van der Waals surface area contributed by atoms with Crippen LogP contribution in [0, 0.1) is 0 Å². The van der Waals surface area contributed by atoms with E-state index < -0.39 is 32.6 Å². The van der Waals surface area contributed by atoms with Crippen LogP contribution in [-0.2, 0) is 22.7 Å². The molecular weight excluding hydrogens is 791 g/mol. The summed E-state index contributed by atoms with van der Waals surface area (Å²) in [5.41, 5.74) is 2.69. The first kappa shape index (κ1) is 43.6. The van der Waals surface area contributed by atoms with Gasteiger partial charge in [0.1, 0.15) is 0 Å². The summed E-state index contributed by atoms with van der Waals surface area (Å²) in [6, 6.07) is 34.0. The zero-order chi connectivity index (χ0) is 40.8. The second-order valence-electron chi connectivity index (χ2n) is 13.3. The number of carbonyl (C=O) groups is 1. The fourth-order valence-corrected chi connectivity index (χ4v) is 8.26. The average molecular weight is 838 g/mol. The number of amides is 1. The molecule has 0 heterocycles. The van der Waals surface area contributed by atoms with E-state index in [1.54, 1.807) is 12.1 Å². The molecule has 14 heteroatoms. The molecule has 5 aromatic rings. The van der Waals surface area contributed by atoms with Crippen LogP contribution in [0.25, 0.3) is 11.1 Å². The summed E-state index contributed by atoms with van der Waals surface area (Å²) in [4.78, 5) is 15.5. The Morgan fingerprint density at radius 3 is 2.21 bits per heavy atom. The van der Waals surface area contributed by atoms with E-state index in [2.05, 4.69) is 33.0 Å². The Bertz CT molecular complexity index is 2150. The Labute approximate surface area is 342 Å². The minimum absolute atomic E-state index is 0.0300. The number of carbonyl (C=O) groups excluding carboxylic acids is 1. The van der Waals surface area contributed by atoms with Crippen LogP contribution in [0.4, 0.5) is 24.5 Å². The van der Waals surface area contributed by atoms with Crippen molar-refractivity contribution in [2.24, 2.45) is 0 Å². The monoisotopic (exact) mass is 837 g/mol. The molecule has 0 aromatic heterocycles. The molecule has 8 nitrogen and oxygen atoms in total. The number of nitrogens with zero attached hydrogens (tertiary/aromatic N) is 1. The Kier molecular flexibility index (Phi) is 15.9. The highest BCUT2D eigenvalue weighted by molar-refractivity contribution is 7.99. The number of alkyl halides is 3. The largest absolute Gasteiger partial charge is 0.418 e. The summed E-state index contributed by atoms with van der Waals surface area (Å²) >= 11 is 7.58. The van der Waals surface area contributed by atoms with Crippen LogP contribution in [0.15, 0.2) is 131 Å². The molecule has 0 spiro atoms. The van der Waals surface area contributed by atoms with Crippen LogP contribution in [0.3, 0.4) is 0 Å². The van der Waals surface area contributed by atoms with Crippen molar-refractivity contribution in [1.82, 2.24) is 14.9 Å². The maximum Gasteiger partial charge on any atom is 0.418 e. The number of nitrogens with one attached hydrogen (secondary N) is 4. The third-order valence-corrected chi connectivity index (χ3v) is 12.1. The third-order valence-electron chi connectivity index (χ3n) is 9.34. The van der Waals surface area contributed by atoms with E-state index >= 15 is 0 Å². The third kappa shape index (κ3) is 13.0. The molecule has 0 saturated carbocycles. The molecule has 0 aliphatic rings. The fourth-order valence-electron chi connectivity index (χ4n) is 6.14. The van der Waals surface area contributed by atoms with Crippen molar-refractivity contribution in [3.63, 3.8) is 0 Å². The molecule has 0 unspecified atom stereocenters. The minimum atomic E-state index is -4.87. The number of sulfonamides is 1. The molecular formula is C43H47ClF3N5O3S2. The van der Waals surface area contributed by atoms with Crippen molar-refractivity contribution in [3.05, 3.63) is 143 Å². The highest BCUT2D eigenvalue weighted by atomic mass is 35.5. The molecule has 5 rings (SSSR count). The summed E-state index contributed by atoms with van der Waals surface area (Å²) in [6.07, 6.45) is -4.30. The minimum Gasteiger partial charge on any atom is -0.384 e. The van der Waals surface area contributed by atoms with E-state index in [1.165, 1.54) is 23.9 Å². The molecule has 0 fully saturated rings. The van der Waals surface area contributed by atoms with Gasteiger partial charge in [0.05, 0.1) is 10.5 Å². The van der Waals surface area contributed by atoms with Crippen molar-refractivity contribution in [3.8, 4) is 11.1 Å². The quantitative estimate of drug-likeness (QED) is 0.0455. The van der Waals surface area contributed by atoms with Gasteiger partial charge in [-0.3, -0.25) is 4.79 Å². The summed E-state index contributed by atoms with van der Waals surface area (Å²) in [5, 5.41) is 10.4. The van der Waals surface area contributed by atoms with Crippen molar-refractivity contribution in [1.29, 1.82) is 0 Å². The molecule has 302 valence electrons. The van der Waals surface area contributed by atoms with Crippen LogP contribution in [-0.4, -0.2) is 63.7 Å². The zero-order valence-corrected chi connectivity index (χ0v) is 34.2. The van der Waals surface area contributed by atoms with Crippen LogP contribution in [0.1, 0.15) is 41.8 Å². The Morgan fingerprint density at radius 1 is 0.842 bits per heavy atom. The molecule has 0 saturated heterocycles. The first-order valence-electron chi connectivity index (χ1n) is 18.7. The van der Waals surface area contributed by atoms with Crippen molar-refractivity contribution >= 4 is 50.7 Å². The number of halogens is 4. The molecule has 57 heavy (non-hydrogen) atoms. The van der Waals surface area contributed by atoms with E-state index in [-0.39, 0.29) is 17.3 Å². The lowest BCUT2D eigenvalue weighted by Crippen LogP contribution is -2.32. The van der Waals surface area contributed by atoms with Gasteiger partial charge in [0.25, 0.3) is 15.9 Å². The normalized spacial score (nSPS) is 12.3. The second-order valence-corrected chi connectivity index (χ2v) is 16.5. The van der Waals surface area contributed by atoms with Gasteiger partial charge in [0, 0.05) is 64.8 Å². The number of rotatable bonds is 20. The van der Waals surface area contributed by atoms with Gasteiger partial charge in [-0.15, -0.1) is 11.8 Å². The van der Waals surface area contributed by atoms with Crippen LogP contribution in [0.5, 0.6) is 0 Å².